The van der Waals surface area contributed by atoms with E-state index in [9.17, 15) is 92.2 Å². The summed E-state index contributed by atoms with van der Waals surface area (Å²) in [5.41, 5.74) is 0. The molecule has 0 bridgehead atoms. The van der Waals surface area contributed by atoms with Crippen LogP contribution in [0.4, 0.5) is 92.2 Å². The quantitative estimate of drug-likeness (QED) is 0.288. The lowest BCUT2D eigenvalue weighted by Gasteiger charge is -2.44. The van der Waals surface area contributed by atoms with Crippen LogP contribution in [0.2, 0.25) is 0 Å². The minimum absolute atomic E-state index is 2.05. The zero-order valence-electron chi connectivity index (χ0n) is 15.8. The summed E-state index contributed by atoms with van der Waals surface area (Å²) in [5.74, 6) is -77.7. The summed E-state index contributed by atoms with van der Waals surface area (Å²) < 4.78 is 274. The first kappa shape index (κ1) is 34.4. The molecule has 0 heterocycles. The number of aliphatic hydroxyl groups excluding tert-OH is 2. The molecule has 0 aromatic heterocycles. The van der Waals surface area contributed by atoms with Crippen molar-refractivity contribution in [2.75, 3.05) is 6.61 Å². The first-order chi connectivity index (χ1) is 15.2. The van der Waals surface area contributed by atoms with Crippen molar-refractivity contribution in [3.05, 3.63) is 0 Å². The summed E-state index contributed by atoms with van der Waals surface area (Å²) in [7, 11) is 0. The largest absolute Gasteiger partial charge is 0.460 e. The molecular weight excluding hydrogens is 587 g/mol. The third-order valence-electron chi connectivity index (χ3n) is 4.28. The topological polar surface area (TPSA) is 40.5 Å². The highest BCUT2D eigenvalue weighted by atomic mass is 19.4. The minimum Gasteiger partial charge on any atom is -0.394 e. The fraction of sp³-hybridized carbons (Fsp3) is 1.00. The smallest absolute Gasteiger partial charge is 0.394 e. The Hall–Kier alpha value is -1.55. The van der Waals surface area contributed by atoms with E-state index in [1.54, 1.807) is 0 Å². The van der Waals surface area contributed by atoms with E-state index in [-0.39, 0.29) is 0 Å². The summed E-state index contributed by atoms with van der Waals surface area (Å²) in [6.45, 7) is -2.05. The average molecular weight is 594 g/mol. The molecule has 0 amide bonds. The standard InChI is InChI=1S/C13H7F21O2/c14-4(15,1-3(36)2-35)5(16,17)6(18,19)7(20,21)8(22,23)9(24,25)10(26,27)11(28,29)12(30,31)13(32,33)34/h3,35-36H,1-2H2. The maximum atomic E-state index is 13.5. The number of halogens is 21. The molecule has 2 N–H and O–H groups in total. The molecule has 1 atom stereocenters. The molecule has 2 nitrogen and oxygen atoms in total. The third kappa shape index (κ3) is 4.29. The fourth-order valence-electron chi connectivity index (χ4n) is 2.08. The molecule has 0 rings (SSSR count). The Morgan fingerprint density at radius 1 is 0.389 bits per heavy atom. The van der Waals surface area contributed by atoms with Gasteiger partial charge >= 0.3 is 59.5 Å². The number of hydrogen-bond donors (Lipinski definition) is 2. The SMILES string of the molecule is OCC(O)CC(F)(F)C(F)(F)C(F)(F)C(F)(F)C(F)(F)C(F)(F)C(F)(F)C(F)(F)C(F)(F)C(F)(F)F. The lowest BCUT2D eigenvalue weighted by atomic mass is 9.85. The second-order valence-electron chi connectivity index (χ2n) is 6.84. The van der Waals surface area contributed by atoms with Gasteiger partial charge in [0.1, 0.15) is 0 Å². The zero-order valence-corrected chi connectivity index (χ0v) is 15.8. The summed E-state index contributed by atoms with van der Waals surface area (Å²) in [4.78, 5) is 0. The molecule has 0 radical (unpaired) electrons. The van der Waals surface area contributed by atoms with Gasteiger partial charge in [-0.1, -0.05) is 0 Å². The molecule has 1 unspecified atom stereocenters. The van der Waals surface area contributed by atoms with Crippen molar-refractivity contribution in [1.29, 1.82) is 0 Å². The van der Waals surface area contributed by atoms with Crippen molar-refractivity contribution < 1.29 is 102 Å². The van der Waals surface area contributed by atoms with E-state index >= 15 is 0 Å². The van der Waals surface area contributed by atoms with Gasteiger partial charge in [0, 0.05) is 6.42 Å². The van der Waals surface area contributed by atoms with Crippen molar-refractivity contribution in [2.45, 2.75) is 72.0 Å². The van der Waals surface area contributed by atoms with Crippen molar-refractivity contribution in [1.82, 2.24) is 0 Å². The molecule has 0 aliphatic carbocycles. The van der Waals surface area contributed by atoms with Gasteiger partial charge in [-0.25, -0.2) is 0 Å². The van der Waals surface area contributed by atoms with Gasteiger partial charge in [0.25, 0.3) is 0 Å². The normalized spacial score (nSPS) is 17.4. The Kier molecular flexibility index (Phi) is 8.37. The van der Waals surface area contributed by atoms with Crippen molar-refractivity contribution in [3.63, 3.8) is 0 Å². The Balaban J connectivity index is 7.00. The third-order valence-corrected chi connectivity index (χ3v) is 4.28. The predicted octanol–water partition coefficient (Wildman–Crippen LogP) is 6.01. The molecule has 0 aliphatic heterocycles. The molecule has 36 heavy (non-hydrogen) atoms. The first-order valence-electron chi connectivity index (χ1n) is 7.96. The van der Waals surface area contributed by atoms with Gasteiger partial charge < -0.3 is 10.2 Å². The van der Waals surface area contributed by atoms with Crippen LogP contribution in [0, 0.1) is 0 Å². The number of rotatable bonds is 11. The number of hydrogen-bond acceptors (Lipinski definition) is 2. The molecule has 0 saturated carbocycles. The number of aliphatic hydroxyl groups is 2. The van der Waals surface area contributed by atoms with Crippen LogP contribution < -0.4 is 0 Å². The predicted molar refractivity (Wildman–Crippen MR) is 68.3 cm³/mol. The molecule has 0 saturated heterocycles. The highest BCUT2D eigenvalue weighted by Gasteiger charge is 2.97. The van der Waals surface area contributed by atoms with Crippen LogP contribution in [0.1, 0.15) is 6.42 Å². The van der Waals surface area contributed by atoms with Gasteiger partial charge in [0.2, 0.25) is 0 Å². The maximum Gasteiger partial charge on any atom is 0.460 e. The first-order valence-corrected chi connectivity index (χ1v) is 7.96. The second-order valence-corrected chi connectivity index (χ2v) is 6.84. The van der Waals surface area contributed by atoms with Gasteiger partial charge in [-0.2, -0.15) is 92.2 Å². The van der Waals surface area contributed by atoms with E-state index in [2.05, 4.69) is 0 Å². The van der Waals surface area contributed by atoms with Gasteiger partial charge in [-0.15, -0.1) is 0 Å². The molecule has 0 aromatic carbocycles. The summed E-state index contributed by atoms with van der Waals surface area (Å²) in [5, 5.41) is 16.7. The van der Waals surface area contributed by atoms with E-state index in [1.165, 1.54) is 0 Å². The van der Waals surface area contributed by atoms with E-state index in [1.807, 2.05) is 0 Å². The number of alkyl halides is 21. The highest BCUT2D eigenvalue weighted by Crippen LogP contribution is 2.66. The molecule has 0 spiro atoms. The second kappa shape index (κ2) is 8.75. The van der Waals surface area contributed by atoms with Crippen LogP contribution in [0.15, 0.2) is 0 Å². The van der Waals surface area contributed by atoms with Crippen LogP contribution >= 0.6 is 0 Å². The molecule has 23 heteroatoms. The summed E-state index contributed by atoms with van der Waals surface area (Å²) in [6.07, 6.45) is -14.5. The maximum absolute atomic E-state index is 13.5. The lowest BCUT2D eigenvalue weighted by molar-refractivity contribution is -0.474. The van der Waals surface area contributed by atoms with Crippen molar-refractivity contribution in [3.8, 4) is 0 Å². The summed E-state index contributed by atoms with van der Waals surface area (Å²) in [6, 6.07) is 0. The molecule has 0 aliphatic rings. The molecule has 0 fully saturated rings. The molecular formula is C13H7F21O2. The van der Waals surface area contributed by atoms with E-state index < -0.39 is 78.6 Å². The Labute approximate surface area is 182 Å². The Morgan fingerprint density at radius 2 is 0.611 bits per heavy atom. The zero-order chi connectivity index (χ0) is 30.0. The van der Waals surface area contributed by atoms with Crippen LogP contribution in [0.3, 0.4) is 0 Å². The molecule has 218 valence electrons. The van der Waals surface area contributed by atoms with Crippen LogP contribution in [-0.2, 0) is 0 Å². The minimum atomic E-state index is -9.22. The fourth-order valence-corrected chi connectivity index (χ4v) is 2.08. The Bertz CT molecular complexity index is 781. The van der Waals surface area contributed by atoms with Crippen LogP contribution in [0.25, 0.3) is 0 Å². The monoisotopic (exact) mass is 594 g/mol. The van der Waals surface area contributed by atoms with E-state index in [0.717, 1.165) is 0 Å². The van der Waals surface area contributed by atoms with Crippen LogP contribution in [0.5, 0.6) is 0 Å². The molecule has 0 aromatic rings. The highest BCUT2D eigenvalue weighted by molar-refractivity contribution is 5.18. The van der Waals surface area contributed by atoms with Crippen molar-refractivity contribution in [2.24, 2.45) is 0 Å². The van der Waals surface area contributed by atoms with Gasteiger partial charge in [0.15, 0.2) is 0 Å². The average Bonchev–Trinajstić information content (AvgIpc) is 2.65. The summed E-state index contributed by atoms with van der Waals surface area (Å²) >= 11 is 0. The van der Waals surface area contributed by atoms with E-state index in [4.69, 9.17) is 10.2 Å². The van der Waals surface area contributed by atoms with Gasteiger partial charge in [-0.05, 0) is 0 Å². The van der Waals surface area contributed by atoms with Gasteiger partial charge in [-0.3, -0.25) is 0 Å². The van der Waals surface area contributed by atoms with Gasteiger partial charge in [0.05, 0.1) is 12.7 Å². The van der Waals surface area contributed by atoms with Crippen LogP contribution in [-0.4, -0.2) is 82.4 Å². The lowest BCUT2D eigenvalue weighted by Crippen LogP contribution is -2.76. The Morgan fingerprint density at radius 3 is 0.833 bits per heavy atom. The van der Waals surface area contributed by atoms with Crippen molar-refractivity contribution >= 4 is 0 Å². The van der Waals surface area contributed by atoms with E-state index in [0.29, 0.717) is 0 Å².